The minimum absolute atomic E-state index is 0.0307. The number of nitrogens with zero attached hydrogens (tertiary/aromatic N) is 3. The highest BCUT2D eigenvalue weighted by molar-refractivity contribution is 5.94. The summed E-state index contributed by atoms with van der Waals surface area (Å²) in [5, 5.41) is 4.01. The van der Waals surface area contributed by atoms with E-state index in [0.29, 0.717) is 29.4 Å². The van der Waals surface area contributed by atoms with Crippen molar-refractivity contribution < 1.29 is 13.7 Å². The SMILES string of the molecule is O=C(c1ccccc1)N1CCCCC1c1nc(-c2ccc(F)cc2)no1. The highest BCUT2D eigenvalue weighted by atomic mass is 19.1. The van der Waals surface area contributed by atoms with Crippen LogP contribution in [0.3, 0.4) is 0 Å². The van der Waals surface area contributed by atoms with Gasteiger partial charge in [-0.3, -0.25) is 4.79 Å². The number of amides is 1. The van der Waals surface area contributed by atoms with Crippen molar-refractivity contribution in [1.29, 1.82) is 0 Å². The van der Waals surface area contributed by atoms with E-state index in [9.17, 15) is 9.18 Å². The van der Waals surface area contributed by atoms with E-state index in [0.717, 1.165) is 19.3 Å². The highest BCUT2D eigenvalue weighted by Gasteiger charge is 2.32. The molecule has 0 saturated carbocycles. The van der Waals surface area contributed by atoms with Gasteiger partial charge in [-0.05, 0) is 55.7 Å². The lowest BCUT2D eigenvalue weighted by Crippen LogP contribution is -2.38. The van der Waals surface area contributed by atoms with Crippen molar-refractivity contribution in [2.45, 2.75) is 25.3 Å². The van der Waals surface area contributed by atoms with E-state index in [2.05, 4.69) is 10.1 Å². The summed E-state index contributed by atoms with van der Waals surface area (Å²) in [6.07, 6.45) is 2.73. The number of halogens is 1. The number of rotatable bonds is 3. The molecular weight excluding hydrogens is 333 g/mol. The maximum atomic E-state index is 13.1. The summed E-state index contributed by atoms with van der Waals surface area (Å²) in [5.74, 6) is 0.479. The van der Waals surface area contributed by atoms with Crippen LogP contribution in [0.4, 0.5) is 4.39 Å². The van der Waals surface area contributed by atoms with Gasteiger partial charge >= 0.3 is 0 Å². The topological polar surface area (TPSA) is 59.2 Å². The Bertz CT molecular complexity index is 893. The number of hydrogen-bond donors (Lipinski definition) is 0. The first kappa shape index (κ1) is 16.4. The van der Waals surface area contributed by atoms with Gasteiger partial charge in [0.1, 0.15) is 11.9 Å². The number of piperidine rings is 1. The van der Waals surface area contributed by atoms with Gasteiger partial charge in [-0.1, -0.05) is 23.4 Å². The molecule has 4 rings (SSSR count). The van der Waals surface area contributed by atoms with Gasteiger partial charge in [-0.25, -0.2) is 4.39 Å². The van der Waals surface area contributed by atoms with Gasteiger partial charge in [-0.15, -0.1) is 0 Å². The molecule has 0 radical (unpaired) electrons. The van der Waals surface area contributed by atoms with Crippen LogP contribution < -0.4 is 0 Å². The Labute approximate surface area is 150 Å². The van der Waals surface area contributed by atoms with E-state index in [1.54, 1.807) is 17.0 Å². The summed E-state index contributed by atoms with van der Waals surface area (Å²) in [6.45, 7) is 0.659. The average Bonchev–Trinajstić information content (AvgIpc) is 3.19. The molecule has 1 fully saturated rings. The lowest BCUT2D eigenvalue weighted by Gasteiger charge is -2.33. The summed E-state index contributed by atoms with van der Waals surface area (Å²) < 4.78 is 18.5. The molecule has 1 aliphatic rings. The van der Waals surface area contributed by atoms with Crippen LogP contribution in [-0.2, 0) is 0 Å². The second-order valence-electron chi connectivity index (χ2n) is 6.34. The normalized spacial score (nSPS) is 17.3. The van der Waals surface area contributed by atoms with Crippen molar-refractivity contribution >= 4 is 5.91 Å². The van der Waals surface area contributed by atoms with Crippen molar-refractivity contribution in [2.75, 3.05) is 6.54 Å². The average molecular weight is 351 g/mol. The van der Waals surface area contributed by atoms with Crippen LogP contribution in [0.2, 0.25) is 0 Å². The number of aromatic nitrogens is 2. The first-order valence-electron chi connectivity index (χ1n) is 8.68. The zero-order valence-corrected chi connectivity index (χ0v) is 14.1. The number of hydrogen-bond acceptors (Lipinski definition) is 4. The molecule has 1 atom stereocenters. The van der Waals surface area contributed by atoms with E-state index in [-0.39, 0.29) is 17.8 Å². The van der Waals surface area contributed by atoms with Crippen LogP contribution in [0.1, 0.15) is 41.6 Å². The quantitative estimate of drug-likeness (QED) is 0.708. The molecule has 0 bridgehead atoms. The van der Waals surface area contributed by atoms with E-state index < -0.39 is 0 Å². The predicted molar refractivity (Wildman–Crippen MR) is 93.8 cm³/mol. The van der Waals surface area contributed by atoms with Gasteiger partial charge in [0.25, 0.3) is 5.91 Å². The van der Waals surface area contributed by atoms with E-state index in [4.69, 9.17) is 4.52 Å². The van der Waals surface area contributed by atoms with Crippen molar-refractivity contribution in [3.63, 3.8) is 0 Å². The fraction of sp³-hybridized carbons (Fsp3) is 0.250. The maximum absolute atomic E-state index is 13.1. The first-order chi connectivity index (χ1) is 12.7. The summed E-state index contributed by atoms with van der Waals surface area (Å²) in [5.41, 5.74) is 1.33. The Morgan fingerprint density at radius 2 is 1.85 bits per heavy atom. The smallest absolute Gasteiger partial charge is 0.254 e. The Balaban J connectivity index is 1.61. The summed E-state index contributed by atoms with van der Waals surface area (Å²) in [7, 11) is 0. The number of carbonyl (C=O) groups is 1. The van der Waals surface area contributed by atoms with Gasteiger partial charge in [0.05, 0.1) is 0 Å². The molecule has 0 spiro atoms. The molecule has 1 saturated heterocycles. The van der Waals surface area contributed by atoms with Crippen molar-refractivity contribution in [3.05, 3.63) is 71.9 Å². The Morgan fingerprint density at radius 1 is 1.08 bits per heavy atom. The summed E-state index contributed by atoms with van der Waals surface area (Å²) in [4.78, 5) is 19.2. The minimum atomic E-state index is -0.315. The van der Waals surface area contributed by atoms with Crippen molar-refractivity contribution in [3.8, 4) is 11.4 Å². The van der Waals surface area contributed by atoms with E-state index in [1.807, 2.05) is 30.3 Å². The predicted octanol–water partition coefficient (Wildman–Crippen LogP) is 4.24. The van der Waals surface area contributed by atoms with Gasteiger partial charge in [0.2, 0.25) is 11.7 Å². The largest absolute Gasteiger partial charge is 0.337 e. The number of carbonyl (C=O) groups excluding carboxylic acids is 1. The second-order valence-corrected chi connectivity index (χ2v) is 6.34. The summed E-state index contributed by atoms with van der Waals surface area (Å²) >= 11 is 0. The molecule has 2 aromatic carbocycles. The van der Waals surface area contributed by atoms with E-state index >= 15 is 0 Å². The summed E-state index contributed by atoms with van der Waals surface area (Å²) in [6, 6.07) is 14.9. The van der Waals surface area contributed by atoms with E-state index in [1.165, 1.54) is 12.1 Å². The van der Waals surface area contributed by atoms with Crippen molar-refractivity contribution in [1.82, 2.24) is 15.0 Å². The maximum Gasteiger partial charge on any atom is 0.254 e. The molecule has 5 nitrogen and oxygen atoms in total. The first-order valence-corrected chi connectivity index (χ1v) is 8.68. The molecular formula is C20H18FN3O2. The molecule has 1 amide bonds. The zero-order chi connectivity index (χ0) is 17.9. The third-order valence-electron chi connectivity index (χ3n) is 4.61. The third kappa shape index (κ3) is 3.22. The molecule has 1 unspecified atom stereocenters. The van der Waals surface area contributed by atoms with Gasteiger partial charge in [-0.2, -0.15) is 4.98 Å². The fourth-order valence-corrected chi connectivity index (χ4v) is 3.26. The van der Waals surface area contributed by atoms with Crippen LogP contribution >= 0.6 is 0 Å². The lowest BCUT2D eigenvalue weighted by atomic mass is 10.0. The minimum Gasteiger partial charge on any atom is -0.337 e. The Hall–Kier alpha value is -3.02. The van der Waals surface area contributed by atoms with Crippen LogP contribution in [-0.4, -0.2) is 27.5 Å². The molecule has 1 aliphatic heterocycles. The van der Waals surface area contributed by atoms with Crippen LogP contribution in [0.15, 0.2) is 59.1 Å². The number of likely N-dealkylation sites (tertiary alicyclic amines) is 1. The third-order valence-corrected chi connectivity index (χ3v) is 4.61. The van der Waals surface area contributed by atoms with Crippen LogP contribution in [0.25, 0.3) is 11.4 Å². The lowest BCUT2D eigenvalue weighted by molar-refractivity contribution is 0.0561. The molecule has 6 heteroatoms. The Kier molecular flexibility index (Phi) is 4.48. The van der Waals surface area contributed by atoms with Crippen LogP contribution in [0.5, 0.6) is 0 Å². The van der Waals surface area contributed by atoms with Gasteiger partial charge in [0.15, 0.2) is 0 Å². The molecule has 3 aromatic rings. The Morgan fingerprint density at radius 3 is 2.62 bits per heavy atom. The molecule has 2 heterocycles. The van der Waals surface area contributed by atoms with Gasteiger partial charge < -0.3 is 9.42 Å². The molecule has 132 valence electrons. The number of benzene rings is 2. The molecule has 1 aromatic heterocycles. The second kappa shape index (κ2) is 7.07. The van der Waals surface area contributed by atoms with Gasteiger partial charge in [0, 0.05) is 17.7 Å². The monoisotopic (exact) mass is 351 g/mol. The van der Waals surface area contributed by atoms with Crippen LogP contribution in [0, 0.1) is 5.82 Å². The fourth-order valence-electron chi connectivity index (χ4n) is 3.26. The molecule has 0 N–H and O–H groups in total. The molecule has 26 heavy (non-hydrogen) atoms. The zero-order valence-electron chi connectivity index (χ0n) is 14.1. The standard InChI is InChI=1S/C20H18FN3O2/c21-16-11-9-14(10-12-16)18-22-19(26-23-18)17-8-4-5-13-24(17)20(25)15-6-2-1-3-7-15/h1-3,6-7,9-12,17H,4-5,8,13H2. The molecule has 0 aliphatic carbocycles. The van der Waals surface area contributed by atoms with Crippen molar-refractivity contribution in [2.24, 2.45) is 0 Å². The highest BCUT2D eigenvalue weighted by Crippen LogP contribution is 2.32.